The lowest BCUT2D eigenvalue weighted by Crippen LogP contribution is -2.16. The van der Waals surface area contributed by atoms with Crippen molar-refractivity contribution in [3.63, 3.8) is 0 Å². The standard InChI is InChI=1S/C14H11F3N2O/c1-2-8-5-10(3-4-11(8)16)19-14(20)13-12(17)6-9(15)7-18-13/h3-7H,2H2,1H3,(H,19,20). The van der Waals surface area contributed by atoms with Crippen LogP contribution in [0.4, 0.5) is 18.9 Å². The van der Waals surface area contributed by atoms with Crippen LogP contribution in [0.3, 0.4) is 0 Å². The molecule has 0 bridgehead atoms. The Kier molecular flexibility index (Phi) is 4.02. The highest BCUT2D eigenvalue weighted by Gasteiger charge is 2.15. The van der Waals surface area contributed by atoms with Crippen LogP contribution < -0.4 is 5.32 Å². The molecule has 3 nitrogen and oxygen atoms in total. The van der Waals surface area contributed by atoms with Gasteiger partial charge in [-0.1, -0.05) is 6.92 Å². The number of carbonyl (C=O) groups excluding carboxylic acids is 1. The number of amides is 1. The van der Waals surface area contributed by atoms with Crippen molar-refractivity contribution >= 4 is 11.6 Å². The van der Waals surface area contributed by atoms with E-state index >= 15 is 0 Å². The van der Waals surface area contributed by atoms with Crippen molar-refractivity contribution in [3.05, 3.63) is 59.2 Å². The highest BCUT2D eigenvalue weighted by molar-refractivity contribution is 6.03. The summed E-state index contributed by atoms with van der Waals surface area (Å²) in [4.78, 5) is 15.2. The summed E-state index contributed by atoms with van der Waals surface area (Å²) in [7, 11) is 0. The topological polar surface area (TPSA) is 42.0 Å². The molecule has 1 amide bonds. The normalized spacial score (nSPS) is 10.4. The highest BCUT2D eigenvalue weighted by Crippen LogP contribution is 2.16. The number of halogens is 3. The van der Waals surface area contributed by atoms with Gasteiger partial charge in [-0.3, -0.25) is 4.79 Å². The van der Waals surface area contributed by atoms with Gasteiger partial charge < -0.3 is 5.32 Å². The summed E-state index contributed by atoms with van der Waals surface area (Å²) < 4.78 is 39.4. The van der Waals surface area contributed by atoms with Gasteiger partial charge in [0.2, 0.25) is 0 Å². The van der Waals surface area contributed by atoms with Crippen molar-refractivity contribution in [3.8, 4) is 0 Å². The maximum absolute atomic E-state index is 13.4. The van der Waals surface area contributed by atoms with E-state index in [9.17, 15) is 18.0 Å². The fraction of sp³-hybridized carbons (Fsp3) is 0.143. The molecule has 1 heterocycles. The lowest BCUT2D eigenvalue weighted by atomic mass is 10.1. The number of carbonyl (C=O) groups is 1. The number of pyridine rings is 1. The molecule has 0 spiro atoms. The molecule has 0 fully saturated rings. The maximum atomic E-state index is 13.4. The number of hydrogen-bond donors (Lipinski definition) is 1. The van der Waals surface area contributed by atoms with Gasteiger partial charge in [-0.05, 0) is 30.2 Å². The highest BCUT2D eigenvalue weighted by atomic mass is 19.1. The van der Waals surface area contributed by atoms with Crippen LogP contribution >= 0.6 is 0 Å². The first-order chi connectivity index (χ1) is 9.51. The summed E-state index contributed by atoms with van der Waals surface area (Å²) in [6.45, 7) is 1.77. The zero-order chi connectivity index (χ0) is 14.7. The lowest BCUT2D eigenvalue weighted by molar-refractivity contribution is 0.101. The van der Waals surface area contributed by atoms with Crippen molar-refractivity contribution in [2.24, 2.45) is 0 Å². The molecule has 2 rings (SSSR count). The lowest BCUT2D eigenvalue weighted by Gasteiger charge is -2.07. The van der Waals surface area contributed by atoms with Crippen LogP contribution in [0.5, 0.6) is 0 Å². The van der Waals surface area contributed by atoms with Gasteiger partial charge in [0.25, 0.3) is 5.91 Å². The number of hydrogen-bond acceptors (Lipinski definition) is 2. The summed E-state index contributed by atoms with van der Waals surface area (Å²) in [5.74, 6) is -3.12. The molecule has 0 aliphatic heterocycles. The van der Waals surface area contributed by atoms with E-state index in [4.69, 9.17) is 0 Å². The first kappa shape index (κ1) is 14.0. The van der Waals surface area contributed by atoms with Gasteiger partial charge in [-0.25, -0.2) is 18.2 Å². The summed E-state index contributed by atoms with van der Waals surface area (Å²) >= 11 is 0. The molecule has 20 heavy (non-hydrogen) atoms. The second-order valence-electron chi connectivity index (χ2n) is 4.10. The molecule has 1 N–H and O–H groups in total. The van der Waals surface area contributed by atoms with Gasteiger partial charge in [0, 0.05) is 11.8 Å². The predicted octanol–water partition coefficient (Wildman–Crippen LogP) is 3.31. The van der Waals surface area contributed by atoms with Crippen molar-refractivity contribution < 1.29 is 18.0 Å². The Morgan fingerprint density at radius 3 is 2.60 bits per heavy atom. The summed E-state index contributed by atoms with van der Waals surface area (Å²) in [5.41, 5.74) is 0.225. The van der Waals surface area contributed by atoms with E-state index in [1.807, 2.05) is 0 Å². The minimum Gasteiger partial charge on any atom is -0.321 e. The minimum atomic E-state index is -1.06. The van der Waals surface area contributed by atoms with Gasteiger partial charge in [0.15, 0.2) is 11.5 Å². The third-order valence-corrected chi connectivity index (χ3v) is 2.71. The second kappa shape index (κ2) is 5.73. The molecular formula is C14H11F3N2O. The SMILES string of the molecule is CCc1cc(NC(=O)c2ncc(F)cc2F)ccc1F. The molecule has 0 saturated heterocycles. The molecule has 2 aromatic rings. The zero-order valence-corrected chi connectivity index (χ0v) is 10.6. The fourth-order valence-corrected chi connectivity index (χ4v) is 1.70. The van der Waals surface area contributed by atoms with Gasteiger partial charge in [-0.2, -0.15) is 0 Å². The summed E-state index contributed by atoms with van der Waals surface area (Å²) in [6, 6.07) is 4.59. The minimum absolute atomic E-state index is 0.318. The molecule has 1 aromatic heterocycles. The average molecular weight is 280 g/mol. The number of nitrogens with one attached hydrogen (secondary N) is 1. The third-order valence-electron chi connectivity index (χ3n) is 2.71. The molecule has 0 atom stereocenters. The van der Waals surface area contributed by atoms with Crippen LogP contribution in [-0.4, -0.2) is 10.9 Å². The molecule has 0 aliphatic rings. The van der Waals surface area contributed by atoms with Crippen LogP contribution in [0.2, 0.25) is 0 Å². The molecule has 0 saturated carbocycles. The largest absolute Gasteiger partial charge is 0.321 e. The van der Waals surface area contributed by atoms with E-state index in [0.717, 1.165) is 6.20 Å². The Balaban J connectivity index is 2.23. The van der Waals surface area contributed by atoms with E-state index < -0.39 is 23.2 Å². The Labute approximate surface area is 113 Å². The molecule has 0 unspecified atom stereocenters. The molecule has 0 radical (unpaired) electrons. The van der Waals surface area contributed by atoms with Crippen molar-refractivity contribution in [1.82, 2.24) is 4.98 Å². The van der Waals surface area contributed by atoms with Crippen molar-refractivity contribution in [1.29, 1.82) is 0 Å². The number of benzene rings is 1. The molecule has 6 heteroatoms. The quantitative estimate of drug-likeness (QED) is 0.937. The van der Waals surface area contributed by atoms with Crippen LogP contribution in [0, 0.1) is 17.5 Å². The third kappa shape index (κ3) is 2.96. The van der Waals surface area contributed by atoms with Gasteiger partial charge in [0.05, 0.1) is 6.20 Å². The first-order valence-electron chi connectivity index (χ1n) is 5.92. The monoisotopic (exact) mass is 280 g/mol. The number of aryl methyl sites for hydroxylation is 1. The van der Waals surface area contributed by atoms with Crippen LogP contribution in [0.1, 0.15) is 23.0 Å². The molecule has 104 valence electrons. The Bertz CT molecular complexity index is 659. The molecular weight excluding hydrogens is 269 g/mol. The zero-order valence-electron chi connectivity index (χ0n) is 10.6. The maximum Gasteiger partial charge on any atom is 0.277 e. The van der Waals surface area contributed by atoms with Gasteiger partial charge in [0.1, 0.15) is 11.6 Å². The number of aromatic nitrogens is 1. The number of rotatable bonds is 3. The smallest absolute Gasteiger partial charge is 0.277 e. The Hall–Kier alpha value is -2.37. The first-order valence-corrected chi connectivity index (χ1v) is 5.92. The summed E-state index contributed by atoms with van der Waals surface area (Å²) in [5, 5.41) is 2.39. The number of nitrogens with zero attached hydrogens (tertiary/aromatic N) is 1. The van der Waals surface area contributed by atoms with Crippen molar-refractivity contribution in [2.75, 3.05) is 5.32 Å². The van der Waals surface area contributed by atoms with Crippen LogP contribution in [-0.2, 0) is 6.42 Å². The fourth-order valence-electron chi connectivity index (χ4n) is 1.70. The Morgan fingerprint density at radius 2 is 1.95 bits per heavy atom. The van der Waals surface area contributed by atoms with Crippen LogP contribution in [0.15, 0.2) is 30.5 Å². The predicted molar refractivity (Wildman–Crippen MR) is 67.9 cm³/mol. The average Bonchev–Trinajstić information content (AvgIpc) is 2.40. The molecule has 0 aliphatic carbocycles. The number of anilines is 1. The van der Waals surface area contributed by atoms with Gasteiger partial charge in [-0.15, -0.1) is 0 Å². The summed E-state index contributed by atoms with van der Waals surface area (Å²) in [6.07, 6.45) is 1.21. The van der Waals surface area contributed by atoms with E-state index in [1.165, 1.54) is 18.2 Å². The van der Waals surface area contributed by atoms with Crippen molar-refractivity contribution in [2.45, 2.75) is 13.3 Å². The van der Waals surface area contributed by atoms with E-state index in [1.54, 1.807) is 6.92 Å². The molecule has 1 aromatic carbocycles. The van der Waals surface area contributed by atoms with E-state index in [0.29, 0.717) is 23.7 Å². The van der Waals surface area contributed by atoms with E-state index in [-0.39, 0.29) is 5.82 Å². The Morgan fingerprint density at radius 1 is 1.20 bits per heavy atom. The van der Waals surface area contributed by atoms with E-state index in [2.05, 4.69) is 10.3 Å². The van der Waals surface area contributed by atoms with Crippen LogP contribution in [0.25, 0.3) is 0 Å². The second-order valence-corrected chi connectivity index (χ2v) is 4.10. The van der Waals surface area contributed by atoms with Gasteiger partial charge >= 0.3 is 0 Å².